The summed E-state index contributed by atoms with van der Waals surface area (Å²) in [4.78, 5) is 24.7. The molecule has 30 heavy (non-hydrogen) atoms. The fourth-order valence-corrected chi connectivity index (χ4v) is 2.88. The zero-order valence-corrected chi connectivity index (χ0v) is 17.8. The topological polar surface area (TPSA) is 76.7 Å². The smallest absolute Gasteiger partial charge is 0.251 e. The average molecular weight is 408 g/mol. The molecule has 0 heterocycles. The summed E-state index contributed by atoms with van der Waals surface area (Å²) in [5.74, 6) is 0.876. The Bertz CT molecular complexity index is 962. The molecule has 0 aromatic heterocycles. The van der Waals surface area contributed by atoms with Crippen molar-refractivity contribution in [1.29, 1.82) is 0 Å². The highest BCUT2D eigenvalue weighted by Crippen LogP contribution is 2.29. The van der Waals surface area contributed by atoms with E-state index in [1.165, 1.54) is 6.08 Å². The van der Waals surface area contributed by atoms with Crippen LogP contribution in [0, 0.1) is 6.92 Å². The van der Waals surface area contributed by atoms with E-state index < -0.39 is 0 Å². The van der Waals surface area contributed by atoms with E-state index in [9.17, 15) is 9.59 Å². The Hall–Kier alpha value is -3.28. The quantitative estimate of drug-likeness (QED) is 0.637. The number of ether oxygens (including phenoxy) is 2. The van der Waals surface area contributed by atoms with E-state index >= 15 is 0 Å². The maximum Gasteiger partial charge on any atom is 0.251 e. The predicted octanol–water partition coefficient (Wildman–Crippen LogP) is 4.33. The first kappa shape index (κ1) is 21.4. The van der Waals surface area contributed by atoms with E-state index in [1.54, 1.807) is 25.3 Å². The Morgan fingerprint density at radius 3 is 2.53 bits per heavy atom. The second-order valence-corrected chi connectivity index (χ2v) is 7.68. The van der Waals surface area contributed by atoms with Crippen LogP contribution in [0.2, 0.25) is 0 Å². The summed E-state index contributed by atoms with van der Waals surface area (Å²) < 4.78 is 11.1. The Labute approximate surface area is 177 Å². The lowest BCUT2D eigenvalue weighted by molar-refractivity contribution is -0.111. The molecule has 3 rings (SSSR count). The van der Waals surface area contributed by atoms with Crippen LogP contribution in [0.3, 0.4) is 0 Å². The first-order valence-electron chi connectivity index (χ1n) is 10.1. The minimum Gasteiger partial charge on any atom is -0.493 e. The molecule has 1 aliphatic rings. The molecule has 6 heteroatoms. The Balaban J connectivity index is 1.67. The van der Waals surface area contributed by atoms with Gasteiger partial charge in [0.15, 0.2) is 11.5 Å². The molecule has 2 N–H and O–H groups in total. The third-order valence-corrected chi connectivity index (χ3v) is 4.65. The number of rotatable bonds is 8. The van der Waals surface area contributed by atoms with Crippen molar-refractivity contribution in [2.75, 3.05) is 12.4 Å². The van der Waals surface area contributed by atoms with Crippen LogP contribution < -0.4 is 20.1 Å². The Morgan fingerprint density at radius 1 is 1.10 bits per heavy atom. The van der Waals surface area contributed by atoms with Gasteiger partial charge in [-0.25, -0.2) is 0 Å². The van der Waals surface area contributed by atoms with Crippen LogP contribution in [0.4, 0.5) is 5.69 Å². The summed E-state index contributed by atoms with van der Waals surface area (Å²) in [7, 11) is 1.58. The number of aryl methyl sites for hydroxylation is 1. The highest BCUT2D eigenvalue weighted by molar-refractivity contribution is 6.03. The number of anilines is 1. The van der Waals surface area contributed by atoms with Gasteiger partial charge in [0.25, 0.3) is 5.91 Å². The molecule has 1 aliphatic carbocycles. The van der Waals surface area contributed by atoms with Crippen molar-refractivity contribution < 1.29 is 19.1 Å². The first-order chi connectivity index (χ1) is 14.4. The van der Waals surface area contributed by atoms with Gasteiger partial charge in [0, 0.05) is 23.4 Å². The summed E-state index contributed by atoms with van der Waals surface area (Å²) in [6, 6.07) is 11.1. The zero-order chi connectivity index (χ0) is 21.7. The molecule has 1 fully saturated rings. The second kappa shape index (κ2) is 9.48. The monoisotopic (exact) mass is 408 g/mol. The summed E-state index contributed by atoms with van der Waals surface area (Å²) >= 11 is 0. The van der Waals surface area contributed by atoms with Crippen LogP contribution in [0.15, 0.2) is 42.5 Å². The molecule has 0 saturated heterocycles. The number of hydrogen-bond acceptors (Lipinski definition) is 4. The van der Waals surface area contributed by atoms with Crippen molar-refractivity contribution in [1.82, 2.24) is 5.32 Å². The number of nitrogens with one attached hydrogen (secondary N) is 2. The Kier molecular flexibility index (Phi) is 6.77. The van der Waals surface area contributed by atoms with Crippen LogP contribution >= 0.6 is 0 Å². The second-order valence-electron chi connectivity index (χ2n) is 7.68. The molecule has 0 aliphatic heterocycles. The summed E-state index contributed by atoms with van der Waals surface area (Å²) in [5.41, 5.74) is 2.85. The standard InChI is InChI=1S/C24H28N2O4/c1-15(2)30-21-11-6-17(13-22(21)29-4)7-12-23(27)26-20-14-18(8-5-16(20)3)24(28)25-19-9-10-19/h5-8,11-15,19H,9-10H2,1-4H3,(H,25,28)(H,26,27)/b12-7+. The fourth-order valence-electron chi connectivity index (χ4n) is 2.88. The molecule has 1 saturated carbocycles. The van der Waals surface area contributed by atoms with E-state index in [4.69, 9.17) is 9.47 Å². The van der Waals surface area contributed by atoms with E-state index in [2.05, 4.69) is 10.6 Å². The molecule has 158 valence electrons. The summed E-state index contributed by atoms with van der Waals surface area (Å²) in [6.07, 6.45) is 5.25. The van der Waals surface area contributed by atoms with Gasteiger partial charge >= 0.3 is 0 Å². The minimum atomic E-state index is -0.278. The van der Waals surface area contributed by atoms with Gasteiger partial charge in [0.2, 0.25) is 5.91 Å². The van der Waals surface area contributed by atoms with Crippen molar-refractivity contribution in [3.05, 3.63) is 59.2 Å². The van der Waals surface area contributed by atoms with Crippen molar-refractivity contribution in [3.63, 3.8) is 0 Å². The van der Waals surface area contributed by atoms with Crippen molar-refractivity contribution in [3.8, 4) is 11.5 Å². The maximum absolute atomic E-state index is 12.4. The predicted molar refractivity (Wildman–Crippen MR) is 118 cm³/mol. The van der Waals surface area contributed by atoms with Crippen molar-refractivity contribution in [2.45, 2.75) is 45.8 Å². The summed E-state index contributed by atoms with van der Waals surface area (Å²) in [6.45, 7) is 5.79. The van der Waals surface area contributed by atoms with Crippen molar-refractivity contribution >= 4 is 23.6 Å². The zero-order valence-electron chi connectivity index (χ0n) is 17.8. The molecular weight excluding hydrogens is 380 g/mol. The normalized spacial score (nSPS) is 13.4. The number of methoxy groups -OCH3 is 1. The Morgan fingerprint density at radius 2 is 1.87 bits per heavy atom. The number of carbonyl (C=O) groups is 2. The molecule has 2 aromatic rings. The van der Waals surface area contributed by atoms with Gasteiger partial charge in [-0.3, -0.25) is 9.59 Å². The molecule has 0 spiro atoms. The fraction of sp³-hybridized carbons (Fsp3) is 0.333. The number of benzene rings is 2. The molecule has 2 aromatic carbocycles. The van der Waals surface area contributed by atoms with Gasteiger partial charge in [0.1, 0.15) is 0 Å². The highest BCUT2D eigenvalue weighted by atomic mass is 16.5. The molecular formula is C24H28N2O4. The molecule has 6 nitrogen and oxygen atoms in total. The van der Waals surface area contributed by atoms with Gasteiger partial charge < -0.3 is 20.1 Å². The molecule has 2 amide bonds. The number of carbonyl (C=O) groups excluding carboxylic acids is 2. The maximum atomic E-state index is 12.4. The lowest BCUT2D eigenvalue weighted by Gasteiger charge is -2.13. The lowest BCUT2D eigenvalue weighted by Crippen LogP contribution is -2.25. The third kappa shape index (κ3) is 5.86. The van der Waals surface area contributed by atoms with Crippen LogP contribution in [0.5, 0.6) is 11.5 Å². The first-order valence-corrected chi connectivity index (χ1v) is 10.1. The van der Waals surface area contributed by atoms with Gasteiger partial charge in [-0.15, -0.1) is 0 Å². The third-order valence-electron chi connectivity index (χ3n) is 4.65. The van der Waals surface area contributed by atoms with E-state index in [-0.39, 0.29) is 24.0 Å². The van der Waals surface area contributed by atoms with Gasteiger partial charge in [-0.1, -0.05) is 12.1 Å². The van der Waals surface area contributed by atoms with Gasteiger partial charge in [0.05, 0.1) is 13.2 Å². The number of hydrogen-bond donors (Lipinski definition) is 2. The van der Waals surface area contributed by atoms with E-state index in [1.807, 2.05) is 45.0 Å². The van der Waals surface area contributed by atoms with E-state index in [0.717, 1.165) is 24.0 Å². The van der Waals surface area contributed by atoms with Crippen LogP contribution in [0.1, 0.15) is 48.2 Å². The number of amides is 2. The van der Waals surface area contributed by atoms with Crippen LogP contribution in [0.25, 0.3) is 6.08 Å². The SMILES string of the molecule is COc1cc(/C=C/C(=O)Nc2cc(C(=O)NC3CC3)ccc2C)ccc1OC(C)C. The van der Waals surface area contributed by atoms with Gasteiger partial charge in [-0.2, -0.15) is 0 Å². The molecule has 0 unspecified atom stereocenters. The minimum absolute atomic E-state index is 0.0384. The molecule has 0 atom stereocenters. The molecule has 0 radical (unpaired) electrons. The average Bonchev–Trinajstić information content (AvgIpc) is 3.52. The lowest BCUT2D eigenvalue weighted by atomic mass is 10.1. The van der Waals surface area contributed by atoms with Gasteiger partial charge in [-0.05, 0) is 75.1 Å². The van der Waals surface area contributed by atoms with E-state index in [0.29, 0.717) is 22.7 Å². The van der Waals surface area contributed by atoms with Crippen LogP contribution in [-0.2, 0) is 4.79 Å². The van der Waals surface area contributed by atoms with Crippen LogP contribution in [-0.4, -0.2) is 31.1 Å². The van der Waals surface area contributed by atoms with Crippen molar-refractivity contribution in [2.24, 2.45) is 0 Å². The summed E-state index contributed by atoms with van der Waals surface area (Å²) in [5, 5.41) is 5.81. The largest absolute Gasteiger partial charge is 0.493 e. The highest BCUT2D eigenvalue weighted by Gasteiger charge is 2.24. The molecule has 0 bridgehead atoms.